The standard InChI is InChI=1S/C18H27ClFN/c1-3-5-13-8-9-14(12-21-2)15(10-13)11-16-17(19)6-4-7-18(16)20/h4,6-7,13-15,21H,3,5,8-12H2,1-2H3. The first-order valence-electron chi connectivity index (χ1n) is 8.23. The Morgan fingerprint density at radius 3 is 2.76 bits per heavy atom. The van der Waals surface area contributed by atoms with Gasteiger partial charge in [-0.2, -0.15) is 0 Å². The number of hydrogen-bond acceptors (Lipinski definition) is 1. The Hall–Kier alpha value is -0.600. The first kappa shape index (κ1) is 16.8. The van der Waals surface area contributed by atoms with Crippen molar-refractivity contribution in [3.63, 3.8) is 0 Å². The van der Waals surface area contributed by atoms with Crippen LogP contribution in [-0.2, 0) is 6.42 Å². The molecule has 0 aliphatic heterocycles. The highest BCUT2D eigenvalue weighted by Gasteiger charge is 2.30. The minimum atomic E-state index is -0.150. The fraction of sp³-hybridized carbons (Fsp3) is 0.667. The molecule has 0 aromatic heterocycles. The van der Waals surface area contributed by atoms with Gasteiger partial charge in [0, 0.05) is 10.6 Å². The quantitative estimate of drug-likeness (QED) is 0.773. The summed E-state index contributed by atoms with van der Waals surface area (Å²) in [5.74, 6) is 1.83. The van der Waals surface area contributed by atoms with E-state index in [1.54, 1.807) is 12.1 Å². The van der Waals surface area contributed by atoms with Gasteiger partial charge in [0.15, 0.2) is 0 Å². The predicted molar refractivity (Wildman–Crippen MR) is 88.3 cm³/mol. The molecule has 0 amide bonds. The van der Waals surface area contributed by atoms with Crippen LogP contribution in [0.25, 0.3) is 0 Å². The lowest BCUT2D eigenvalue weighted by Gasteiger charge is -2.36. The lowest BCUT2D eigenvalue weighted by molar-refractivity contribution is 0.168. The molecule has 1 nitrogen and oxygen atoms in total. The summed E-state index contributed by atoms with van der Waals surface area (Å²) in [7, 11) is 2.01. The summed E-state index contributed by atoms with van der Waals surface area (Å²) in [6.07, 6.45) is 7.11. The molecule has 3 heteroatoms. The molecule has 3 unspecified atom stereocenters. The Morgan fingerprint density at radius 1 is 1.29 bits per heavy atom. The van der Waals surface area contributed by atoms with Gasteiger partial charge in [0.25, 0.3) is 0 Å². The molecule has 118 valence electrons. The summed E-state index contributed by atoms with van der Waals surface area (Å²) in [6.45, 7) is 3.28. The zero-order valence-corrected chi connectivity index (χ0v) is 13.9. The van der Waals surface area contributed by atoms with Crippen LogP contribution in [0, 0.1) is 23.6 Å². The SMILES string of the molecule is CCCC1CCC(CNC)C(Cc2c(F)cccc2Cl)C1. The van der Waals surface area contributed by atoms with Crippen molar-refractivity contribution in [1.82, 2.24) is 5.32 Å². The molecular formula is C18H27ClFN. The Morgan fingerprint density at radius 2 is 2.10 bits per heavy atom. The second kappa shape index (κ2) is 8.14. The van der Waals surface area contributed by atoms with Gasteiger partial charge < -0.3 is 5.32 Å². The van der Waals surface area contributed by atoms with E-state index in [9.17, 15) is 4.39 Å². The maximum absolute atomic E-state index is 14.1. The molecule has 1 aromatic carbocycles. The monoisotopic (exact) mass is 311 g/mol. The van der Waals surface area contributed by atoms with Gasteiger partial charge in [0.1, 0.15) is 5.82 Å². The van der Waals surface area contributed by atoms with Crippen LogP contribution >= 0.6 is 11.6 Å². The second-order valence-corrected chi connectivity index (χ2v) is 6.86. The summed E-state index contributed by atoms with van der Waals surface area (Å²) in [4.78, 5) is 0. The molecule has 1 saturated carbocycles. The van der Waals surface area contributed by atoms with Crippen molar-refractivity contribution in [2.75, 3.05) is 13.6 Å². The third-order valence-electron chi connectivity index (χ3n) is 4.94. The molecule has 1 aliphatic rings. The van der Waals surface area contributed by atoms with E-state index in [0.29, 0.717) is 22.4 Å². The zero-order valence-electron chi connectivity index (χ0n) is 13.2. The van der Waals surface area contributed by atoms with Crippen LogP contribution in [0.2, 0.25) is 5.02 Å². The van der Waals surface area contributed by atoms with Crippen molar-refractivity contribution in [3.05, 3.63) is 34.6 Å². The van der Waals surface area contributed by atoms with Gasteiger partial charge >= 0.3 is 0 Å². The van der Waals surface area contributed by atoms with Gasteiger partial charge in [-0.25, -0.2) is 4.39 Å². The molecular weight excluding hydrogens is 285 g/mol. The average molecular weight is 312 g/mol. The van der Waals surface area contributed by atoms with E-state index in [-0.39, 0.29) is 5.82 Å². The largest absolute Gasteiger partial charge is 0.319 e. The smallest absolute Gasteiger partial charge is 0.127 e. The molecule has 3 atom stereocenters. The Kier molecular flexibility index (Phi) is 6.50. The maximum Gasteiger partial charge on any atom is 0.127 e. The third-order valence-corrected chi connectivity index (χ3v) is 5.29. The highest BCUT2D eigenvalue weighted by atomic mass is 35.5. The molecule has 0 radical (unpaired) electrons. The van der Waals surface area contributed by atoms with Gasteiger partial charge in [-0.1, -0.05) is 43.9 Å². The van der Waals surface area contributed by atoms with Crippen molar-refractivity contribution >= 4 is 11.6 Å². The van der Waals surface area contributed by atoms with E-state index in [1.165, 1.54) is 38.2 Å². The van der Waals surface area contributed by atoms with Crippen LogP contribution in [0.15, 0.2) is 18.2 Å². The lowest BCUT2D eigenvalue weighted by Crippen LogP contribution is -2.33. The molecule has 1 fully saturated rings. The van der Waals surface area contributed by atoms with Gasteiger partial charge in [-0.3, -0.25) is 0 Å². The summed E-state index contributed by atoms with van der Waals surface area (Å²) >= 11 is 6.22. The van der Waals surface area contributed by atoms with E-state index in [0.717, 1.165) is 18.9 Å². The molecule has 0 saturated heterocycles. The Labute approximate surface area is 133 Å². The summed E-state index contributed by atoms with van der Waals surface area (Å²) in [6, 6.07) is 5.02. The zero-order chi connectivity index (χ0) is 15.2. The number of benzene rings is 1. The normalized spacial score (nSPS) is 26.0. The highest BCUT2D eigenvalue weighted by molar-refractivity contribution is 6.31. The van der Waals surface area contributed by atoms with Crippen molar-refractivity contribution in [2.45, 2.75) is 45.4 Å². The maximum atomic E-state index is 14.1. The molecule has 0 spiro atoms. The van der Waals surface area contributed by atoms with Crippen molar-refractivity contribution in [1.29, 1.82) is 0 Å². The van der Waals surface area contributed by atoms with Gasteiger partial charge in [0.05, 0.1) is 0 Å². The van der Waals surface area contributed by atoms with Crippen molar-refractivity contribution in [3.8, 4) is 0 Å². The van der Waals surface area contributed by atoms with E-state index >= 15 is 0 Å². The molecule has 21 heavy (non-hydrogen) atoms. The lowest BCUT2D eigenvalue weighted by atomic mass is 9.70. The van der Waals surface area contributed by atoms with Gasteiger partial charge in [-0.05, 0) is 62.7 Å². The van der Waals surface area contributed by atoms with Crippen molar-refractivity contribution in [2.24, 2.45) is 17.8 Å². The summed E-state index contributed by atoms with van der Waals surface area (Å²) in [5, 5.41) is 3.88. The minimum Gasteiger partial charge on any atom is -0.319 e. The Bertz CT molecular complexity index is 429. The average Bonchev–Trinajstić information content (AvgIpc) is 2.46. The van der Waals surface area contributed by atoms with Crippen LogP contribution in [0.1, 0.15) is 44.6 Å². The van der Waals surface area contributed by atoms with Crippen LogP contribution in [0.4, 0.5) is 4.39 Å². The first-order valence-corrected chi connectivity index (χ1v) is 8.61. The number of halogens is 2. The third kappa shape index (κ3) is 4.43. The minimum absolute atomic E-state index is 0.150. The van der Waals surface area contributed by atoms with E-state index in [2.05, 4.69) is 12.2 Å². The molecule has 1 N–H and O–H groups in total. The summed E-state index contributed by atoms with van der Waals surface area (Å²) < 4.78 is 14.1. The highest BCUT2D eigenvalue weighted by Crippen LogP contribution is 2.39. The Balaban J connectivity index is 2.12. The van der Waals surface area contributed by atoms with E-state index in [1.807, 2.05) is 7.05 Å². The predicted octanol–water partition coefficient (Wildman–Crippen LogP) is 5.07. The fourth-order valence-corrected chi connectivity index (χ4v) is 4.10. The molecule has 0 bridgehead atoms. The van der Waals surface area contributed by atoms with Gasteiger partial charge in [0.2, 0.25) is 0 Å². The van der Waals surface area contributed by atoms with Crippen LogP contribution in [0.3, 0.4) is 0 Å². The second-order valence-electron chi connectivity index (χ2n) is 6.45. The van der Waals surface area contributed by atoms with E-state index < -0.39 is 0 Å². The fourth-order valence-electron chi connectivity index (χ4n) is 3.86. The molecule has 1 aromatic rings. The van der Waals surface area contributed by atoms with Gasteiger partial charge in [-0.15, -0.1) is 0 Å². The van der Waals surface area contributed by atoms with Crippen LogP contribution < -0.4 is 5.32 Å². The number of rotatable bonds is 6. The molecule has 1 aliphatic carbocycles. The molecule has 2 rings (SSSR count). The van der Waals surface area contributed by atoms with Crippen LogP contribution in [0.5, 0.6) is 0 Å². The molecule has 0 heterocycles. The van der Waals surface area contributed by atoms with Crippen molar-refractivity contribution < 1.29 is 4.39 Å². The topological polar surface area (TPSA) is 12.0 Å². The van der Waals surface area contributed by atoms with E-state index in [4.69, 9.17) is 11.6 Å². The first-order chi connectivity index (χ1) is 10.2. The number of hydrogen-bond donors (Lipinski definition) is 1. The number of nitrogens with one attached hydrogen (secondary N) is 1. The van der Waals surface area contributed by atoms with Crippen LogP contribution in [-0.4, -0.2) is 13.6 Å². The summed E-state index contributed by atoms with van der Waals surface area (Å²) in [5.41, 5.74) is 0.711.